The molecule has 112 valence electrons. The average molecular weight is 290 g/mol. The number of aliphatic hydroxyl groups is 1. The number of carbonyl (C=O) groups is 2. The van der Waals surface area contributed by atoms with Crippen LogP contribution in [0.2, 0.25) is 0 Å². The first kappa shape index (κ1) is 14.0. The third-order valence-corrected chi connectivity index (χ3v) is 3.94. The monoisotopic (exact) mass is 290 g/mol. The van der Waals surface area contributed by atoms with Crippen LogP contribution in [-0.2, 0) is 22.7 Å². The van der Waals surface area contributed by atoms with Crippen molar-refractivity contribution in [3.05, 3.63) is 29.3 Å². The summed E-state index contributed by atoms with van der Waals surface area (Å²) in [6.07, 6.45) is 0.973. The lowest BCUT2D eigenvalue weighted by molar-refractivity contribution is -0.137. The molecule has 0 aromatic heterocycles. The number of aliphatic hydroxyl groups excluding tert-OH is 1. The summed E-state index contributed by atoms with van der Waals surface area (Å²) in [7, 11) is 0. The second-order valence-electron chi connectivity index (χ2n) is 5.37. The summed E-state index contributed by atoms with van der Waals surface area (Å²) in [5.41, 5.74) is 2.31. The molecule has 0 radical (unpaired) electrons. The molecule has 2 amide bonds. The fraction of sp³-hybridized carbons (Fsp3) is 0.467. The van der Waals surface area contributed by atoms with Crippen molar-refractivity contribution in [2.75, 3.05) is 13.2 Å². The van der Waals surface area contributed by atoms with Crippen LogP contribution in [0.1, 0.15) is 24.0 Å². The standard InChI is InChI=1S/C15H18N2O4/c18-5-6-21-12-2-1-10-8-17(9-11(10)7-12)13-3-4-14(19)16-15(13)20/h1-2,7,13,18H,3-6,8-9H2,(H,16,19,20). The van der Waals surface area contributed by atoms with Crippen LogP contribution in [0.5, 0.6) is 5.75 Å². The molecule has 2 aliphatic heterocycles. The number of ether oxygens (including phenoxy) is 1. The maximum absolute atomic E-state index is 11.9. The Balaban J connectivity index is 1.69. The number of nitrogens with zero attached hydrogens (tertiary/aromatic N) is 1. The van der Waals surface area contributed by atoms with Gasteiger partial charge in [-0.05, 0) is 29.7 Å². The number of piperidine rings is 1. The van der Waals surface area contributed by atoms with Crippen LogP contribution in [-0.4, -0.2) is 41.1 Å². The molecule has 2 heterocycles. The number of hydrogen-bond acceptors (Lipinski definition) is 5. The minimum atomic E-state index is -0.239. The lowest BCUT2D eigenvalue weighted by Gasteiger charge is -2.29. The Bertz CT molecular complexity index is 573. The highest BCUT2D eigenvalue weighted by atomic mass is 16.5. The predicted molar refractivity (Wildman–Crippen MR) is 74.4 cm³/mol. The van der Waals surface area contributed by atoms with E-state index in [0.29, 0.717) is 25.9 Å². The molecule has 1 fully saturated rings. The van der Waals surface area contributed by atoms with Gasteiger partial charge in [0.05, 0.1) is 12.6 Å². The Morgan fingerprint density at radius 2 is 2.10 bits per heavy atom. The van der Waals surface area contributed by atoms with E-state index >= 15 is 0 Å². The van der Waals surface area contributed by atoms with Gasteiger partial charge in [0.2, 0.25) is 11.8 Å². The Kier molecular flexibility index (Phi) is 3.90. The van der Waals surface area contributed by atoms with E-state index in [4.69, 9.17) is 9.84 Å². The van der Waals surface area contributed by atoms with Crippen LogP contribution >= 0.6 is 0 Å². The number of nitrogens with one attached hydrogen (secondary N) is 1. The largest absolute Gasteiger partial charge is 0.491 e. The zero-order chi connectivity index (χ0) is 14.8. The molecule has 6 nitrogen and oxygen atoms in total. The van der Waals surface area contributed by atoms with Gasteiger partial charge in [-0.1, -0.05) is 6.07 Å². The average Bonchev–Trinajstić information content (AvgIpc) is 2.87. The number of amides is 2. The van der Waals surface area contributed by atoms with Gasteiger partial charge in [0.25, 0.3) is 0 Å². The van der Waals surface area contributed by atoms with Gasteiger partial charge in [-0.3, -0.25) is 19.8 Å². The predicted octanol–water partition coefficient (Wildman–Crippen LogP) is 0.178. The number of hydrogen-bond donors (Lipinski definition) is 2. The van der Waals surface area contributed by atoms with Gasteiger partial charge in [-0.25, -0.2) is 0 Å². The summed E-state index contributed by atoms with van der Waals surface area (Å²) >= 11 is 0. The lowest BCUT2D eigenvalue weighted by atomic mass is 10.0. The van der Waals surface area contributed by atoms with Crippen LogP contribution < -0.4 is 10.1 Å². The van der Waals surface area contributed by atoms with Crippen molar-refractivity contribution in [2.45, 2.75) is 32.0 Å². The van der Waals surface area contributed by atoms with E-state index in [2.05, 4.69) is 10.2 Å². The topological polar surface area (TPSA) is 78.9 Å². The molecule has 2 N–H and O–H groups in total. The first-order valence-corrected chi connectivity index (χ1v) is 7.10. The van der Waals surface area contributed by atoms with Gasteiger partial charge in [0, 0.05) is 19.5 Å². The molecule has 1 aromatic carbocycles. The zero-order valence-corrected chi connectivity index (χ0v) is 11.7. The van der Waals surface area contributed by atoms with Crippen molar-refractivity contribution >= 4 is 11.8 Å². The van der Waals surface area contributed by atoms with Crippen molar-refractivity contribution in [1.29, 1.82) is 0 Å². The number of rotatable bonds is 4. The number of fused-ring (bicyclic) bond motifs is 1. The highest BCUT2D eigenvalue weighted by Crippen LogP contribution is 2.29. The molecule has 21 heavy (non-hydrogen) atoms. The number of carbonyl (C=O) groups excluding carboxylic acids is 2. The summed E-state index contributed by atoms with van der Waals surface area (Å²) in [5, 5.41) is 11.2. The molecule has 3 rings (SSSR count). The van der Waals surface area contributed by atoms with Crippen LogP contribution in [0, 0.1) is 0 Å². The van der Waals surface area contributed by atoms with Crippen molar-refractivity contribution in [3.63, 3.8) is 0 Å². The van der Waals surface area contributed by atoms with Crippen molar-refractivity contribution in [2.24, 2.45) is 0 Å². The molecular weight excluding hydrogens is 272 g/mol. The van der Waals surface area contributed by atoms with Gasteiger partial charge < -0.3 is 9.84 Å². The summed E-state index contributed by atoms with van der Waals surface area (Å²) < 4.78 is 5.40. The van der Waals surface area contributed by atoms with Crippen molar-refractivity contribution < 1.29 is 19.4 Å². The minimum Gasteiger partial charge on any atom is -0.491 e. The Morgan fingerprint density at radius 1 is 1.29 bits per heavy atom. The molecule has 2 aliphatic rings. The van der Waals surface area contributed by atoms with Crippen LogP contribution in [0.4, 0.5) is 0 Å². The molecule has 0 saturated carbocycles. The molecule has 1 saturated heterocycles. The molecule has 0 aliphatic carbocycles. The third kappa shape index (κ3) is 2.91. The first-order chi connectivity index (χ1) is 10.2. The lowest BCUT2D eigenvalue weighted by Crippen LogP contribution is -2.50. The second-order valence-corrected chi connectivity index (χ2v) is 5.37. The number of imide groups is 1. The number of benzene rings is 1. The summed E-state index contributed by atoms with van der Waals surface area (Å²) in [4.78, 5) is 25.2. The van der Waals surface area contributed by atoms with E-state index in [9.17, 15) is 9.59 Å². The molecule has 0 bridgehead atoms. The smallest absolute Gasteiger partial charge is 0.243 e. The third-order valence-electron chi connectivity index (χ3n) is 3.94. The normalized spacial score (nSPS) is 22.0. The van der Waals surface area contributed by atoms with Gasteiger partial charge >= 0.3 is 0 Å². The van der Waals surface area contributed by atoms with Gasteiger partial charge in [0.1, 0.15) is 12.4 Å². The zero-order valence-electron chi connectivity index (χ0n) is 11.7. The summed E-state index contributed by atoms with van der Waals surface area (Å²) in [6, 6.07) is 5.59. The van der Waals surface area contributed by atoms with Crippen LogP contribution in [0.25, 0.3) is 0 Å². The maximum atomic E-state index is 11.9. The molecule has 1 aromatic rings. The fourth-order valence-electron chi connectivity index (χ4n) is 2.90. The van der Waals surface area contributed by atoms with Crippen LogP contribution in [0.3, 0.4) is 0 Å². The van der Waals surface area contributed by atoms with Gasteiger partial charge in [0.15, 0.2) is 0 Å². The van der Waals surface area contributed by atoms with Crippen molar-refractivity contribution in [3.8, 4) is 5.75 Å². The molecule has 1 atom stereocenters. The Morgan fingerprint density at radius 3 is 2.86 bits per heavy atom. The Hall–Kier alpha value is -1.92. The van der Waals surface area contributed by atoms with Crippen molar-refractivity contribution in [1.82, 2.24) is 10.2 Å². The van der Waals surface area contributed by atoms with E-state index in [1.54, 1.807) is 0 Å². The highest BCUT2D eigenvalue weighted by molar-refractivity contribution is 6.00. The maximum Gasteiger partial charge on any atom is 0.243 e. The fourth-order valence-corrected chi connectivity index (χ4v) is 2.90. The molecular formula is C15H18N2O4. The van der Waals surface area contributed by atoms with E-state index < -0.39 is 0 Å². The second kappa shape index (κ2) is 5.83. The quantitative estimate of drug-likeness (QED) is 0.773. The van der Waals surface area contributed by atoms with Gasteiger partial charge in [-0.2, -0.15) is 0 Å². The van der Waals surface area contributed by atoms with E-state index in [0.717, 1.165) is 11.3 Å². The first-order valence-electron chi connectivity index (χ1n) is 7.10. The van der Waals surface area contributed by atoms with E-state index in [1.165, 1.54) is 5.56 Å². The summed E-state index contributed by atoms with van der Waals surface area (Å²) in [5.74, 6) is 0.344. The molecule has 6 heteroatoms. The van der Waals surface area contributed by atoms with E-state index in [-0.39, 0.29) is 31.1 Å². The molecule has 0 spiro atoms. The van der Waals surface area contributed by atoms with Crippen LogP contribution in [0.15, 0.2) is 18.2 Å². The Labute approximate surface area is 122 Å². The summed E-state index contributed by atoms with van der Waals surface area (Å²) in [6.45, 7) is 1.65. The molecule has 1 unspecified atom stereocenters. The van der Waals surface area contributed by atoms with E-state index in [1.807, 2.05) is 18.2 Å². The SMILES string of the molecule is O=C1CCC(N2Cc3ccc(OCCO)cc3C2)C(=O)N1. The van der Waals surface area contributed by atoms with Gasteiger partial charge in [-0.15, -0.1) is 0 Å². The minimum absolute atomic E-state index is 0.0144. The highest BCUT2D eigenvalue weighted by Gasteiger charge is 2.34.